The van der Waals surface area contributed by atoms with Crippen LogP contribution in [-0.4, -0.2) is 16.4 Å². The zero-order valence-corrected chi connectivity index (χ0v) is 16.8. The fourth-order valence-electron chi connectivity index (χ4n) is 2.52. The highest BCUT2D eigenvalue weighted by molar-refractivity contribution is 9.11. The van der Waals surface area contributed by atoms with Crippen molar-refractivity contribution in [1.29, 1.82) is 0 Å². The van der Waals surface area contributed by atoms with Crippen LogP contribution in [0.3, 0.4) is 0 Å². The molecule has 3 aromatic rings. The predicted molar refractivity (Wildman–Crippen MR) is 108 cm³/mol. The number of benzene rings is 1. The van der Waals surface area contributed by atoms with Crippen LogP contribution in [0.1, 0.15) is 31.2 Å². The average Bonchev–Trinajstić information content (AvgIpc) is 3.08. The van der Waals surface area contributed by atoms with Crippen molar-refractivity contribution in [3.8, 4) is 0 Å². The number of nitrogens with one attached hydrogen (secondary N) is 2. The van der Waals surface area contributed by atoms with Crippen molar-refractivity contribution in [3.63, 3.8) is 0 Å². The van der Waals surface area contributed by atoms with Gasteiger partial charge in [-0.05, 0) is 52.7 Å². The number of carbonyl (C=O) groups is 2. The van der Waals surface area contributed by atoms with Crippen molar-refractivity contribution < 1.29 is 9.59 Å². The van der Waals surface area contributed by atoms with Gasteiger partial charge in [-0.15, -0.1) is 11.3 Å². The lowest BCUT2D eigenvalue weighted by atomic mass is 10.1. The molecule has 0 saturated heterocycles. The standard InChI is InChI=1S/C19H16BrN3O3S/c1-12-4-2-5-13(10-12)11-23-9-3-6-14(19(23)26)17(24)21-22-18(25)15-7-8-16(20)27-15/h2-10H,11H2,1H3,(H,21,24)(H,22,25). The first-order chi connectivity index (χ1) is 12.9. The van der Waals surface area contributed by atoms with Crippen LogP contribution in [0.15, 0.2) is 63.3 Å². The highest BCUT2D eigenvalue weighted by Crippen LogP contribution is 2.21. The Kier molecular flexibility index (Phi) is 5.88. The highest BCUT2D eigenvalue weighted by atomic mass is 79.9. The second-order valence-corrected chi connectivity index (χ2v) is 8.32. The van der Waals surface area contributed by atoms with E-state index in [0.717, 1.165) is 14.9 Å². The molecule has 2 heterocycles. The van der Waals surface area contributed by atoms with Gasteiger partial charge in [0.2, 0.25) is 0 Å². The van der Waals surface area contributed by atoms with E-state index in [1.807, 2.05) is 31.2 Å². The van der Waals surface area contributed by atoms with Gasteiger partial charge in [-0.1, -0.05) is 29.8 Å². The van der Waals surface area contributed by atoms with E-state index in [2.05, 4.69) is 26.8 Å². The highest BCUT2D eigenvalue weighted by Gasteiger charge is 2.14. The Morgan fingerprint density at radius 3 is 2.56 bits per heavy atom. The zero-order valence-electron chi connectivity index (χ0n) is 14.4. The van der Waals surface area contributed by atoms with Crippen molar-refractivity contribution >= 4 is 39.1 Å². The van der Waals surface area contributed by atoms with Crippen LogP contribution in [0.2, 0.25) is 0 Å². The summed E-state index contributed by atoms with van der Waals surface area (Å²) < 4.78 is 2.27. The second kappa shape index (κ2) is 8.32. The molecule has 0 spiro atoms. The number of thiophene rings is 1. The Bertz CT molecular complexity index is 1060. The third kappa shape index (κ3) is 4.72. The molecule has 138 valence electrons. The molecule has 2 amide bonds. The maximum Gasteiger partial charge on any atom is 0.279 e. The van der Waals surface area contributed by atoms with E-state index < -0.39 is 17.4 Å². The van der Waals surface area contributed by atoms with Gasteiger partial charge in [0.05, 0.1) is 15.2 Å². The van der Waals surface area contributed by atoms with Gasteiger partial charge in [0.15, 0.2) is 0 Å². The number of carbonyl (C=O) groups excluding carboxylic acids is 2. The molecule has 0 aliphatic carbocycles. The van der Waals surface area contributed by atoms with Gasteiger partial charge in [0.25, 0.3) is 17.4 Å². The molecule has 0 aliphatic heterocycles. The van der Waals surface area contributed by atoms with E-state index in [-0.39, 0.29) is 5.56 Å². The van der Waals surface area contributed by atoms with Crippen LogP contribution in [0.4, 0.5) is 0 Å². The van der Waals surface area contributed by atoms with Crippen LogP contribution < -0.4 is 16.4 Å². The molecule has 6 nitrogen and oxygen atoms in total. The third-order valence-electron chi connectivity index (χ3n) is 3.79. The van der Waals surface area contributed by atoms with Gasteiger partial charge in [-0.25, -0.2) is 0 Å². The maximum atomic E-state index is 12.6. The van der Waals surface area contributed by atoms with Gasteiger partial charge < -0.3 is 4.57 Å². The predicted octanol–water partition coefficient (Wildman–Crippen LogP) is 3.10. The molecule has 2 N–H and O–H groups in total. The Labute approximate surface area is 167 Å². The van der Waals surface area contributed by atoms with Crippen molar-refractivity contribution in [2.45, 2.75) is 13.5 Å². The molecule has 0 saturated carbocycles. The topological polar surface area (TPSA) is 80.2 Å². The molecular formula is C19H16BrN3O3S. The number of hydrazine groups is 1. The third-order valence-corrected chi connectivity index (χ3v) is 5.41. The van der Waals surface area contributed by atoms with E-state index >= 15 is 0 Å². The van der Waals surface area contributed by atoms with Gasteiger partial charge in [0.1, 0.15) is 5.56 Å². The molecule has 0 fully saturated rings. The smallest absolute Gasteiger partial charge is 0.279 e. The van der Waals surface area contributed by atoms with E-state index in [0.29, 0.717) is 11.4 Å². The number of rotatable bonds is 4. The van der Waals surface area contributed by atoms with Crippen LogP contribution >= 0.6 is 27.3 Å². The van der Waals surface area contributed by atoms with Gasteiger partial charge in [-0.3, -0.25) is 25.2 Å². The van der Waals surface area contributed by atoms with Crippen molar-refractivity contribution in [3.05, 3.63) is 90.4 Å². The molecule has 0 radical (unpaired) electrons. The molecule has 3 rings (SSSR count). The minimum atomic E-state index is -0.664. The maximum absolute atomic E-state index is 12.6. The molecular weight excluding hydrogens is 430 g/mol. The molecule has 0 unspecified atom stereocenters. The summed E-state index contributed by atoms with van der Waals surface area (Å²) in [6, 6.07) is 14.2. The summed E-state index contributed by atoms with van der Waals surface area (Å²) in [5, 5.41) is 0. The average molecular weight is 446 g/mol. The summed E-state index contributed by atoms with van der Waals surface area (Å²) >= 11 is 4.51. The molecule has 0 aliphatic rings. The summed E-state index contributed by atoms with van der Waals surface area (Å²) in [7, 11) is 0. The Balaban J connectivity index is 1.72. The van der Waals surface area contributed by atoms with Crippen LogP contribution in [0, 0.1) is 6.92 Å². The second-order valence-electron chi connectivity index (χ2n) is 5.86. The first kappa shape index (κ1) is 19.1. The molecule has 2 aromatic heterocycles. The molecule has 0 bridgehead atoms. The van der Waals surface area contributed by atoms with E-state index in [4.69, 9.17) is 0 Å². The number of aromatic nitrogens is 1. The van der Waals surface area contributed by atoms with Crippen molar-refractivity contribution in [1.82, 2.24) is 15.4 Å². The fourth-order valence-corrected chi connectivity index (χ4v) is 3.80. The summed E-state index contributed by atoms with van der Waals surface area (Å²) in [5.41, 5.74) is 6.19. The minimum Gasteiger partial charge on any atom is -0.310 e. The Morgan fingerprint density at radius 1 is 1.07 bits per heavy atom. The Morgan fingerprint density at radius 2 is 1.85 bits per heavy atom. The lowest BCUT2D eigenvalue weighted by Crippen LogP contribution is -2.43. The number of hydrogen-bond donors (Lipinski definition) is 2. The summed E-state index contributed by atoms with van der Waals surface area (Å²) in [5.74, 6) is -1.11. The van der Waals surface area contributed by atoms with Gasteiger partial charge in [-0.2, -0.15) is 0 Å². The molecule has 1 aromatic carbocycles. The van der Waals surface area contributed by atoms with Crippen LogP contribution in [0.25, 0.3) is 0 Å². The van der Waals surface area contributed by atoms with Crippen molar-refractivity contribution in [2.75, 3.05) is 0 Å². The molecule has 27 heavy (non-hydrogen) atoms. The van der Waals surface area contributed by atoms with Crippen molar-refractivity contribution in [2.24, 2.45) is 0 Å². The number of hydrogen-bond acceptors (Lipinski definition) is 4. The van der Waals surface area contributed by atoms with Crippen LogP contribution in [0.5, 0.6) is 0 Å². The Hall–Kier alpha value is -2.71. The monoisotopic (exact) mass is 445 g/mol. The number of amides is 2. The van der Waals surface area contributed by atoms with E-state index in [1.165, 1.54) is 22.0 Å². The summed E-state index contributed by atoms with van der Waals surface area (Å²) in [6.45, 7) is 2.34. The zero-order chi connectivity index (χ0) is 19.4. The minimum absolute atomic E-state index is 0.0437. The number of aryl methyl sites for hydroxylation is 1. The first-order valence-electron chi connectivity index (χ1n) is 8.05. The number of nitrogens with zero attached hydrogens (tertiary/aromatic N) is 1. The summed E-state index contributed by atoms with van der Waals surface area (Å²) in [6.07, 6.45) is 1.63. The largest absolute Gasteiger partial charge is 0.310 e. The molecule has 0 atom stereocenters. The molecule has 8 heteroatoms. The van der Waals surface area contributed by atoms with E-state index in [9.17, 15) is 14.4 Å². The van der Waals surface area contributed by atoms with Gasteiger partial charge >= 0.3 is 0 Å². The quantitative estimate of drug-likeness (QED) is 0.605. The first-order valence-corrected chi connectivity index (χ1v) is 9.66. The fraction of sp³-hybridized carbons (Fsp3) is 0.105. The summed E-state index contributed by atoms with van der Waals surface area (Å²) in [4.78, 5) is 37.4. The van der Waals surface area contributed by atoms with E-state index in [1.54, 1.807) is 24.4 Å². The number of pyridine rings is 1. The lowest BCUT2D eigenvalue weighted by Gasteiger charge is -2.10. The lowest BCUT2D eigenvalue weighted by molar-refractivity contribution is 0.0847. The number of halogens is 1. The SMILES string of the molecule is Cc1cccc(Cn2cccc(C(=O)NNC(=O)c3ccc(Br)s3)c2=O)c1. The van der Waals surface area contributed by atoms with Gasteiger partial charge in [0, 0.05) is 6.20 Å². The van der Waals surface area contributed by atoms with Crippen LogP contribution in [-0.2, 0) is 6.54 Å². The normalized spacial score (nSPS) is 10.4.